The number of esters is 1. The summed E-state index contributed by atoms with van der Waals surface area (Å²) in [6, 6.07) is 28.6. The van der Waals surface area contributed by atoms with E-state index in [1.807, 2.05) is 52.0 Å². The van der Waals surface area contributed by atoms with Gasteiger partial charge in [-0.3, -0.25) is 4.79 Å². The molecule has 1 saturated carbocycles. The number of rotatable bonds is 15. The lowest BCUT2D eigenvalue weighted by Crippen LogP contribution is -2.68. The Labute approximate surface area is 590 Å². The molecule has 4 fully saturated rings. The summed E-state index contributed by atoms with van der Waals surface area (Å²) in [5.74, 6) is -4.01. The van der Waals surface area contributed by atoms with Crippen molar-refractivity contribution in [3.05, 3.63) is 125 Å². The predicted molar refractivity (Wildman–Crippen MR) is 389 cm³/mol. The van der Waals surface area contributed by atoms with Crippen molar-refractivity contribution in [2.24, 2.45) is 29.6 Å². The third kappa shape index (κ3) is 17.8. The molecule has 3 saturated heterocycles. The van der Waals surface area contributed by atoms with Crippen LogP contribution in [0.2, 0.25) is 23.2 Å². The molecular formula is C80H121NO15Si2. The predicted octanol–water partition coefficient (Wildman–Crippen LogP) is 15.3. The third-order valence-corrected chi connectivity index (χ3v) is 31.7. The largest absolute Gasteiger partial charge is 0.497 e. The Kier molecular flexibility index (Phi) is 25.2. The van der Waals surface area contributed by atoms with Crippen LogP contribution in [0, 0.1) is 29.6 Å². The van der Waals surface area contributed by atoms with Gasteiger partial charge in [0.25, 0.3) is 14.2 Å². The van der Waals surface area contributed by atoms with Crippen LogP contribution in [0.4, 0.5) is 0 Å². The Morgan fingerprint density at radius 2 is 1.35 bits per heavy atom. The van der Waals surface area contributed by atoms with E-state index in [1.165, 1.54) is 15.9 Å². The summed E-state index contributed by atoms with van der Waals surface area (Å²) in [4.78, 5) is 33.0. The molecule has 15 atom stereocenters. The first-order valence-electron chi connectivity index (χ1n) is 36.5. The maximum atomic E-state index is 15.8. The fraction of sp³-hybridized carbons (Fsp3) is 0.675. The van der Waals surface area contributed by atoms with Crippen molar-refractivity contribution in [3.8, 4) is 5.75 Å². The molecule has 5 aliphatic heterocycles. The first-order valence-corrected chi connectivity index (χ1v) is 41.3. The number of amides is 1. The first kappa shape index (κ1) is 77.5. The number of benzene rings is 3. The number of allylic oxidation sites excluding steroid dienone is 3. The van der Waals surface area contributed by atoms with E-state index in [9.17, 15) is 0 Å². The summed E-state index contributed by atoms with van der Waals surface area (Å²) >= 11 is 0. The first-order chi connectivity index (χ1) is 46.2. The molecule has 3 aromatic rings. The van der Waals surface area contributed by atoms with E-state index in [2.05, 4.69) is 162 Å². The van der Waals surface area contributed by atoms with Gasteiger partial charge in [0.05, 0.1) is 63.1 Å². The van der Waals surface area contributed by atoms with Crippen LogP contribution >= 0.6 is 0 Å². The van der Waals surface area contributed by atoms with Crippen LogP contribution in [0.5, 0.6) is 5.75 Å². The highest BCUT2D eigenvalue weighted by molar-refractivity contribution is 6.99. The number of hydrogen-bond donors (Lipinski definition) is 0. The zero-order valence-corrected chi connectivity index (χ0v) is 65.3. The molecule has 16 nitrogen and oxygen atoms in total. The highest BCUT2D eigenvalue weighted by Crippen LogP contribution is 2.50. The number of methoxy groups -OCH3 is 4. The Morgan fingerprint density at radius 3 is 1.95 bits per heavy atom. The summed E-state index contributed by atoms with van der Waals surface area (Å²) in [5.41, 5.74) is 3.10. The van der Waals surface area contributed by atoms with E-state index in [-0.39, 0.29) is 70.5 Å². The van der Waals surface area contributed by atoms with Gasteiger partial charge in [0.1, 0.15) is 17.9 Å². The highest BCUT2D eigenvalue weighted by Gasteiger charge is 2.57. The van der Waals surface area contributed by atoms with Crippen molar-refractivity contribution >= 4 is 38.9 Å². The van der Waals surface area contributed by atoms with Crippen LogP contribution in [0.15, 0.2) is 120 Å². The number of hydrogen-bond acceptors (Lipinski definition) is 15. The average Bonchev–Trinajstić information content (AvgIpc) is 1.15. The zero-order chi connectivity index (χ0) is 71.3. The van der Waals surface area contributed by atoms with E-state index in [4.69, 9.17) is 61.0 Å². The van der Waals surface area contributed by atoms with E-state index < -0.39 is 82.2 Å². The maximum Gasteiger partial charge on any atom is 0.329 e. The lowest BCUT2D eigenvalue weighted by atomic mass is 9.78. The van der Waals surface area contributed by atoms with Gasteiger partial charge in [-0.1, -0.05) is 153 Å². The van der Waals surface area contributed by atoms with E-state index >= 15 is 9.59 Å². The lowest BCUT2D eigenvalue weighted by molar-refractivity contribution is -0.429. The van der Waals surface area contributed by atoms with Crippen molar-refractivity contribution in [1.82, 2.24) is 4.90 Å². The summed E-state index contributed by atoms with van der Waals surface area (Å²) in [5, 5.41) is 2.10. The van der Waals surface area contributed by atoms with Gasteiger partial charge in [0.15, 0.2) is 25.7 Å². The van der Waals surface area contributed by atoms with Gasteiger partial charge in [-0.25, -0.2) is 4.79 Å². The van der Waals surface area contributed by atoms with Gasteiger partial charge < -0.3 is 65.9 Å². The van der Waals surface area contributed by atoms with Crippen molar-refractivity contribution < 1.29 is 70.5 Å². The minimum absolute atomic E-state index is 0.0481. The molecule has 2 bridgehead atoms. The molecule has 544 valence electrons. The molecule has 5 heterocycles. The zero-order valence-electron chi connectivity index (χ0n) is 63.3. The molecule has 18 heteroatoms. The van der Waals surface area contributed by atoms with Crippen LogP contribution < -0.4 is 15.1 Å². The Morgan fingerprint density at radius 1 is 0.714 bits per heavy atom. The SMILES string of the molecule is COc1ccc(CO[C@H]2CO[C@]34C[C@H](OC(C)(C)O3)[C@@H](C)[C@@H](C(C)=C[C@@H]3CC[C@@H](O[Si](c5ccccc5)(c5ccccc5)C(C)(C)C)[C@H](OC)C3)OC(=O)[C@@H]3CCCCN3C(=O)C3=C(OC(C)(C)O3)[C@H](C)C[C@H](OC)[C@H](O[Si](C)(C)C(C)(C)C)[C@@H](OC)C[C@@H](C)C/C(C)=C/[C@H]4C2)cc1. The molecule has 0 N–H and O–H groups in total. The van der Waals surface area contributed by atoms with Crippen molar-refractivity contribution in [2.75, 3.05) is 41.6 Å². The second kappa shape index (κ2) is 31.9. The van der Waals surface area contributed by atoms with Gasteiger partial charge in [0, 0.05) is 65.9 Å². The number of carbonyl (C=O) groups is 2. The molecule has 6 aliphatic rings. The molecule has 9 rings (SSSR count). The number of nitrogens with zero attached hydrogens (tertiary/aromatic N) is 1. The number of carbonyl (C=O) groups excluding carboxylic acids is 2. The smallest absolute Gasteiger partial charge is 0.329 e. The molecule has 0 radical (unpaired) electrons. The van der Waals surface area contributed by atoms with Crippen LogP contribution in [0.3, 0.4) is 0 Å². The van der Waals surface area contributed by atoms with Crippen LogP contribution in [-0.4, -0.2) is 147 Å². The Hall–Kier alpha value is -4.71. The lowest BCUT2D eigenvalue weighted by Gasteiger charge is -2.54. The molecule has 3 aromatic carbocycles. The summed E-state index contributed by atoms with van der Waals surface area (Å²) in [6.45, 7) is 37.5. The topological polar surface area (TPSA) is 157 Å². The normalized spacial score (nSPS) is 32.6. The van der Waals surface area contributed by atoms with Crippen LogP contribution in [0.1, 0.15) is 180 Å². The number of cyclic esters (lactones) is 1. The second-order valence-corrected chi connectivity index (χ2v) is 41.8. The molecule has 0 aromatic heterocycles. The summed E-state index contributed by atoms with van der Waals surface area (Å²) < 4.78 is 89.3. The van der Waals surface area contributed by atoms with E-state index in [0.29, 0.717) is 63.9 Å². The molecule has 0 unspecified atom stereocenters. The van der Waals surface area contributed by atoms with Crippen molar-refractivity contribution in [1.29, 1.82) is 0 Å². The van der Waals surface area contributed by atoms with Gasteiger partial charge in [-0.2, -0.15) is 0 Å². The van der Waals surface area contributed by atoms with Gasteiger partial charge in [0.2, 0.25) is 11.5 Å². The van der Waals surface area contributed by atoms with Crippen LogP contribution in [0.25, 0.3) is 0 Å². The molecule has 1 amide bonds. The maximum absolute atomic E-state index is 15.8. The number of fused-ring (bicyclic) bond motifs is 2. The molecular weight excluding hydrogens is 1270 g/mol. The van der Waals surface area contributed by atoms with E-state index in [1.54, 1.807) is 33.3 Å². The monoisotopic (exact) mass is 1390 g/mol. The second-order valence-electron chi connectivity index (χ2n) is 32.8. The molecule has 1 spiro atoms. The number of ether oxygens (including phenoxy) is 11. The van der Waals surface area contributed by atoms with E-state index in [0.717, 1.165) is 42.6 Å². The minimum Gasteiger partial charge on any atom is -0.497 e. The standard InChI is InChI=1S/C80H121NO15Si2/c1-52-42-53(2)44-67(86-18)72(95-97(20,21)76(6,7)8)68(87-19)46-55(4)71-73(93-78(12,13)92-71)74(82)81-41-29-28-34-64(81)75(83)90-70(56(5)69-49-80(96-79(14,15)91-69)59(43-52)48-61(51-89-80)88-50-57-35-38-60(84-16)39-36-57)54(3)45-58-37-40-65(66(47-58)85-17)94-98(77(9,10)11,62-30-24-22-25-31-62)63-32-26-23-27-33-63/h22-27,30-33,35-36,38-39,43,45,53,55-56,58-59,61,64-70,72H,28-29,34,37,40-42,44,46-51H2,1-21H3/b52-43+,54-45?/t53-,55+,56+,58-,59-,61+,64-,65+,66+,67-,68-,69-,70+,72+,80+/m0/s1. The quantitative estimate of drug-likeness (QED) is 0.0803. The van der Waals surface area contributed by atoms with Gasteiger partial charge in [-0.05, 0) is 161 Å². The molecule has 1 aliphatic carbocycles. The fourth-order valence-electron chi connectivity index (χ4n) is 16.1. The summed E-state index contributed by atoms with van der Waals surface area (Å²) in [6.07, 6.45) is 8.22. The number of piperidine rings is 1. The highest BCUT2D eigenvalue weighted by atomic mass is 28.4. The Bertz CT molecular complexity index is 3170. The minimum atomic E-state index is -2.94. The van der Waals surface area contributed by atoms with Gasteiger partial charge in [-0.15, -0.1) is 0 Å². The van der Waals surface area contributed by atoms with Gasteiger partial charge >= 0.3 is 5.97 Å². The average molecular weight is 1390 g/mol. The van der Waals surface area contributed by atoms with Crippen molar-refractivity contribution in [2.45, 2.75) is 276 Å². The fourth-order valence-corrected chi connectivity index (χ4v) is 22.2. The van der Waals surface area contributed by atoms with Crippen molar-refractivity contribution in [3.63, 3.8) is 0 Å². The molecule has 98 heavy (non-hydrogen) atoms. The Balaban J connectivity index is 1.12. The third-order valence-electron chi connectivity index (χ3n) is 22.2. The van der Waals surface area contributed by atoms with Crippen LogP contribution in [-0.2, 0) is 72.4 Å². The summed E-state index contributed by atoms with van der Waals surface area (Å²) in [7, 11) is 1.56.